The zero-order valence-corrected chi connectivity index (χ0v) is 26.4. The first kappa shape index (κ1) is 28.6. The fourth-order valence-electron chi connectivity index (χ4n) is 6.98. The molecule has 7 aromatic rings. The molecule has 6 aromatic carbocycles. The summed E-state index contributed by atoms with van der Waals surface area (Å²) in [7, 11) is 0. The summed E-state index contributed by atoms with van der Waals surface area (Å²) in [5.41, 5.74) is 14.4. The maximum Gasteiger partial charge on any atom is 0.193 e. The fraction of sp³-hybridized carbons (Fsp3) is 0.0667. The van der Waals surface area contributed by atoms with Crippen molar-refractivity contribution in [2.75, 3.05) is 0 Å². The second-order valence-corrected chi connectivity index (χ2v) is 12.7. The summed E-state index contributed by atoms with van der Waals surface area (Å²) in [4.78, 5) is 18.5. The SMILES string of the molecule is CC1(C)c2ccccc2C(=O)c2ccc(-c3ccc(-c4ccccc4-c4cc(-c5ccccc5)nc(-c5ccccc5)c4)cc3)cc21. The van der Waals surface area contributed by atoms with E-state index in [1.807, 2.05) is 36.4 Å². The number of pyridine rings is 1. The number of aromatic nitrogens is 1. The van der Waals surface area contributed by atoms with Crippen molar-refractivity contribution in [3.63, 3.8) is 0 Å². The van der Waals surface area contributed by atoms with Gasteiger partial charge in [-0.3, -0.25) is 4.79 Å². The molecule has 0 N–H and O–H groups in total. The van der Waals surface area contributed by atoms with E-state index in [9.17, 15) is 4.79 Å². The van der Waals surface area contributed by atoms with Crippen LogP contribution in [0.5, 0.6) is 0 Å². The molecule has 1 aromatic heterocycles. The lowest BCUT2D eigenvalue weighted by Gasteiger charge is -2.34. The molecule has 0 amide bonds. The van der Waals surface area contributed by atoms with Crippen molar-refractivity contribution in [2.24, 2.45) is 0 Å². The Labute approximate surface area is 276 Å². The minimum atomic E-state index is -0.267. The number of fused-ring (bicyclic) bond motifs is 2. The molecule has 0 spiro atoms. The van der Waals surface area contributed by atoms with Gasteiger partial charge in [0.25, 0.3) is 0 Å². The zero-order chi connectivity index (χ0) is 32.0. The Morgan fingerprint density at radius 1 is 0.383 bits per heavy atom. The predicted molar refractivity (Wildman–Crippen MR) is 193 cm³/mol. The van der Waals surface area contributed by atoms with E-state index in [2.05, 4.69) is 141 Å². The Kier molecular flexibility index (Phi) is 7.00. The van der Waals surface area contributed by atoms with Crippen LogP contribution in [-0.2, 0) is 5.41 Å². The molecular weight excluding hydrogens is 571 g/mol. The van der Waals surface area contributed by atoms with Gasteiger partial charge in [-0.2, -0.15) is 0 Å². The molecule has 0 atom stereocenters. The molecule has 2 heteroatoms. The van der Waals surface area contributed by atoms with Crippen LogP contribution in [0.2, 0.25) is 0 Å². The molecule has 47 heavy (non-hydrogen) atoms. The number of carbonyl (C=O) groups excluding carboxylic acids is 1. The van der Waals surface area contributed by atoms with Gasteiger partial charge in [-0.05, 0) is 62.7 Å². The molecule has 0 fully saturated rings. The van der Waals surface area contributed by atoms with Crippen molar-refractivity contribution in [2.45, 2.75) is 19.3 Å². The van der Waals surface area contributed by atoms with Crippen molar-refractivity contribution in [1.29, 1.82) is 0 Å². The second kappa shape index (κ2) is 11.5. The molecule has 224 valence electrons. The summed E-state index contributed by atoms with van der Waals surface area (Å²) in [6.45, 7) is 4.43. The molecule has 1 heterocycles. The Morgan fingerprint density at radius 2 is 0.851 bits per heavy atom. The van der Waals surface area contributed by atoms with E-state index in [0.29, 0.717) is 0 Å². The zero-order valence-electron chi connectivity index (χ0n) is 26.4. The smallest absolute Gasteiger partial charge is 0.193 e. The highest BCUT2D eigenvalue weighted by molar-refractivity contribution is 6.13. The van der Waals surface area contributed by atoms with Crippen molar-refractivity contribution in [3.05, 3.63) is 186 Å². The quantitative estimate of drug-likeness (QED) is 0.196. The van der Waals surface area contributed by atoms with Gasteiger partial charge in [0.2, 0.25) is 0 Å². The highest BCUT2D eigenvalue weighted by atomic mass is 16.1. The number of ketones is 1. The largest absolute Gasteiger partial charge is 0.289 e. The highest BCUT2D eigenvalue weighted by Crippen LogP contribution is 2.43. The average Bonchev–Trinajstić information content (AvgIpc) is 3.14. The summed E-state index contributed by atoms with van der Waals surface area (Å²) < 4.78 is 0. The van der Waals surface area contributed by atoms with E-state index in [4.69, 9.17) is 4.98 Å². The van der Waals surface area contributed by atoms with Crippen molar-refractivity contribution in [3.8, 4) is 55.9 Å². The molecule has 8 rings (SSSR count). The minimum Gasteiger partial charge on any atom is -0.289 e. The maximum atomic E-state index is 13.4. The van der Waals surface area contributed by atoms with Crippen LogP contribution >= 0.6 is 0 Å². The monoisotopic (exact) mass is 603 g/mol. The first-order chi connectivity index (χ1) is 23.0. The lowest BCUT2D eigenvalue weighted by atomic mass is 9.68. The van der Waals surface area contributed by atoms with Gasteiger partial charge >= 0.3 is 0 Å². The Bertz CT molecular complexity index is 2210. The van der Waals surface area contributed by atoms with Crippen LogP contribution in [0.15, 0.2) is 164 Å². The summed E-state index contributed by atoms with van der Waals surface area (Å²) in [6, 6.07) is 56.8. The first-order valence-electron chi connectivity index (χ1n) is 16.1. The number of rotatable bonds is 5. The van der Waals surface area contributed by atoms with Gasteiger partial charge < -0.3 is 0 Å². The summed E-state index contributed by atoms with van der Waals surface area (Å²) >= 11 is 0. The molecule has 0 aliphatic heterocycles. The maximum absolute atomic E-state index is 13.4. The molecule has 2 nitrogen and oxygen atoms in total. The Morgan fingerprint density at radius 3 is 1.47 bits per heavy atom. The van der Waals surface area contributed by atoms with Crippen LogP contribution in [0.4, 0.5) is 0 Å². The minimum absolute atomic E-state index is 0.107. The number of carbonyl (C=O) groups is 1. The molecule has 0 saturated carbocycles. The van der Waals surface area contributed by atoms with Crippen LogP contribution in [0, 0.1) is 0 Å². The Balaban J connectivity index is 1.18. The topological polar surface area (TPSA) is 30.0 Å². The molecule has 1 aliphatic rings. The second-order valence-electron chi connectivity index (χ2n) is 12.7. The number of hydrogen-bond donors (Lipinski definition) is 0. The van der Waals surface area contributed by atoms with Gasteiger partial charge in [-0.1, -0.05) is 159 Å². The van der Waals surface area contributed by atoms with Crippen LogP contribution in [0.25, 0.3) is 55.9 Å². The van der Waals surface area contributed by atoms with Crippen LogP contribution in [0.1, 0.15) is 40.9 Å². The van der Waals surface area contributed by atoms with E-state index in [-0.39, 0.29) is 11.2 Å². The van der Waals surface area contributed by atoms with Gasteiger partial charge in [0.1, 0.15) is 0 Å². The third-order valence-electron chi connectivity index (χ3n) is 9.51. The highest BCUT2D eigenvalue weighted by Gasteiger charge is 2.36. The van der Waals surface area contributed by atoms with Crippen molar-refractivity contribution < 1.29 is 4.79 Å². The van der Waals surface area contributed by atoms with E-state index in [1.54, 1.807) is 0 Å². The van der Waals surface area contributed by atoms with Gasteiger partial charge in [0.05, 0.1) is 11.4 Å². The third kappa shape index (κ3) is 5.09. The summed E-state index contributed by atoms with van der Waals surface area (Å²) in [5.74, 6) is 0.107. The Hall–Kier alpha value is -5.86. The normalized spacial score (nSPS) is 13.1. The molecule has 0 unspecified atom stereocenters. The summed E-state index contributed by atoms with van der Waals surface area (Å²) in [5, 5.41) is 0. The van der Waals surface area contributed by atoms with E-state index in [1.165, 1.54) is 0 Å². The number of benzene rings is 6. The number of nitrogens with zero attached hydrogens (tertiary/aromatic N) is 1. The predicted octanol–water partition coefficient (Wildman–Crippen LogP) is 11.3. The summed E-state index contributed by atoms with van der Waals surface area (Å²) in [6.07, 6.45) is 0. The van der Waals surface area contributed by atoms with Gasteiger partial charge in [-0.25, -0.2) is 4.98 Å². The first-order valence-corrected chi connectivity index (χ1v) is 16.1. The van der Waals surface area contributed by atoms with Crippen molar-refractivity contribution >= 4 is 5.78 Å². The van der Waals surface area contributed by atoms with E-state index in [0.717, 1.165) is 78.1 Å². The lowest BCUT2D eigenvalue weighted by molar-refractivity contribution is 0.103. The molecule has 0 bridgehead atoms. The van der Waals surface area contributed by atoms with Crippen LogP contribution in [0.3, 0.4) is 0 Å². The van der Waals surface area contributed by atoms with Crippen LogP contribution in [-0.4, -0.2) is 10.8 Å². The molecule has 1 aliphatic carbocycles. The fourth-order valence-corrected chi connectivity index (χ4v) is 6.98. The molecule has 0 saturated heterocycles. The van der Waals surface area contributed by atoms with Crippen LogP contribution < -0.4 is 0 Å². The lowest BCUT2D eigenvalue weighted by Crippen LogP contribution is -2.30. The van der Waals surface area contributed by atoms with Gasteiger partial charge in [0.15, 0.2) is 5.78 Å². The van der Waals surface area contributed by atoms with E-state index >= 15 is 0 Å². The standard InChI is InChI=1S/C45H33NO/c1-45(2)40-20-12-11-19-38(40)44(47)39-26-25-34(27-41(39)45)30-21-23-31(24-22-30)36-17-9-10-18-37(36)35-28-42(32-13-5-3-6-14-32)46-43(29-35)33-15-7-4-8-16-33/h3-29H,1-2H3. The number of hydrogen-bond acceptors (Lipinski definition) is 2. The molecular formula is C45H33NO. The molecule has 0 radical (unpaired) electrons. The average molecular weight is 604 g/mol. The van der Waals surface area contributed by atoms with Gasteiger partial charge in [-0.15, -0.1) is 0 Å². The third-order valence-corrected chi connectivity index (χ3v) is 9.51. The van der Waals surface area contributed by atoms with Gasteiger partial charge in [0, 0.05) is 27.7 Å². The van der Waals surface area contributed by atoms with Crippen molar-refractivity contribution in [1.82, 2.24) is 4.98 Å². The van der Waals surface area contributed by atoms with E-state index < -0.39 is 0 Å².